The Kier molecular flexibility index (Phi) is 4.17. The van der Waals surface area contributed by atoms with Gasteiger partial charge in [0.2, 0.25) is 0 Å². The molecule has 0 bridgehead atoms. The maximum Gasteiger partial charge on any atom is 0.259 e. The Morgan fingerprint density at radius 1 is 0.969 bits per heavy atom. The van der Waals surface area contributed by atoms with Gasteiger partial charge in [-0.2, -0.15) is 5.10 Å². The van der Waals surface area contributed by atoms with Gasteiger partial charge < -0.3 is 9.47 Å². The molecule has 158 valence electrons. The van der Waals surface area contributed by atoms with Gasteiger partial charge in [-0.1, -0.05) is 24.3 Å². The molecule has 5 aromatic rings. The van der Waals surface area contributed by atoms with E-state index < -0.39 is 0 Å². The molecule has 8 nitrogen and oxygen atoms in total. The monoisotopic (exact) mass is 423 g/mol. The lowest BCUT2D eigenvalue weighted by Gasteiger charge is -2.30. The SMILES string of the molecule is Cc1nc(-c2cnn(-c3ccccc3)c2)n2c1CN(c1cc(=O)n3ccccc3n1)CC2. The summed E-state index contributed by atoms with van der Waals surface area (Å²) in [5, 5.41) is 4.53. The minimum atomic E-state index is -0.0737. The molecule has 0 aliphatic carbocycles. The van der Waals surface area contributed by atoms with Crippen molar-refractivity contribution in [2.24, 2.45) is 0 Å². The number of hydrogen-bond donors (Lipinski definition) is 0. The summed E-state index contributed by atoms with van der Waals surface area (Å²) in [6.07, 6.45) is 5.62. The van der Waals surface area contributed by atoms with Gasteiger partial charge in [-0.25, -0.2) is 14.6 Å². The first-order valence-electron chi connectivity index (χ1n) is 10.6. The zero-order chi connectivity index (χ0) is 21.7. The minimum Gasteiger partial charge on any atom is -0.349 e. The maximum absolute atomic E-state index is 12.5. The van der Waals surface area contributed by atoms with Crippen LogP contribution in [0.5, 0.6) is 0 Å². The summed E-state index contributed by atoms with van der Waals surface area (Å²) in [5.74, 6) is 1.62. The van der Waals surface area contributed by atoms with Gasteiger partial charge in [0.05, 0.1) is 35.4 Å². The maximum atomic E-state index is 12.5. The van der Waals surface area contributed by atoms with Crippen molar-refractivity contribution in [3.8, 4) is 17.1 Å². The van der Waals surface area contributed by atoms with Crippen molar-refractivity contribution in [2.45, 2.75) is 20.0 Å². The highest BCUT2D eigenvalue weighted by molar-refractivity contribution is 5.57. The summed E-state index contributed by atoms with van der Waals surface area (Å²) in [4.78, 5) is 24.3. The van der Waals surface area contributed by atoms with Crippen molar-refractivity contribution >= 4 is 11.5 Å². The first-order chi connectivity index (χ1) is 15.7. The fourth-order valence-corrected chi connectivity index (χ4v) is 4.31. The van der Waals surface area contributed by atoms with E-state index in [2.05, 4.69) is 14.6 Å². The molecule has 0 fully saturated rings. The van der Waals surface area contributed by atoms with Crippen LogP contribution in [0.25, 0.3) is 22.7 Å². The van der Waals surface area contributed by atoms with Crippen LogP contribution in [0.1, 0.15) is 11.4 Å². The van der Waals surface area contributed by atoms with Gasteiger partial charge in [0.15, 0.2) is 0 Å². The van der Waals surface area contributed by atoms with Gasteiger partial charge in [0.25, 0.3) is 5.56 Å². The summed E-state index contributed by atoms with van der Waals surface area (Å²) in [5.41, 5.74) is 4.69. The largest absolute Gasteiger partial charge is 0.349 e. The minimum absolute atomic E-state index is 0.0737. The summed E-state index contributed by atoms with van der Waals surface area (Å²) in [6, 6.07) is 17.2. The number of aromatic nitrogens is 6. The summed E-state index contributed by atoms with van der Waals surface area (Å²) < 4.78 is 5.69. The molecule has 0 radical (unpaired) electrons. The van der Waals surface area contributed by atoms with Crippen molar-refractivity contribution in [1.82, 2.24) is 28.7 Å². The molecule has 1 aliphatic rings. The van der Waals surface area contributed by atoms with Crippen LogP contribution in [0.4, 0.5) is 5.82 Å². The highest BCUT2D eigenvalue weighted by atomic mass is 16.1. The van der Waals surface area contributed by atoms with Crippen molar-refractivity contribution < 1.29 is 0 Å². The quantitative estimate of drug-likeness (QED) is 0.446. The Morgan fingerprint density at radius 3 is 2.69 bits per heavy atom. The van der Waals surface area contributed by atoms with E-state index in [0.29, 0.717) is 18.0 Å². The second kappa shape index (κ2) is 7.19. The van der Waals surface area contributed by atoms with Gasteiger partial charge in [-0.05, 0) is 31.2 Å². The van der Waals surface area contributed by atoms with Crippen LogP contribution in [0.3, 0.4) is 0 Å². The molecule has 8 heteroatoms. The molecule has 6 rings (SSSR count). The number of hydrogen-bond acceptors (Lipinski definition) is 5. The average Bonchev–Trinajstić information content (AvgIpc) is 3.44. The van der Waals surface area contributed by atoms with E-state index in [-0.39, 0.29) is 5.56 Å². The van der Waals surface area contributed by atoms with Crippen LogP contribution >= 0.6 is 0 Å². The highest BCUT2D eigenvalue weighted by Gasteiger charge is 2.25. The van der Waals surface area contributed by atoms with Crippen LogP contribution in [0.15, 0.2) is 78.0 Å². The molecule has 1 aliphatic heterocycles. The second-order valence-corrected chi connectivity index (χ2v) is 7.93. The number of anilines is 1. The zero-order valence-corrected chi connectivity index (χ0v) is 17.6. The van der Waals surface area contributed by atoms with E-state index in [0.717, 1.165) is 41.6 Å². The van der Waals surface area contributed by atoms with Gasteiger partial charge in [0.1, 0.15) is 17.3 Å². The third-order valence-corrected chi connectivity index (χ3v) is 5.95. The van der Waals surface area contributed by atoms with Crippen molar-refractivity contribution in [3.63, 3.8) is 0 Å². The number of pyridine rings is 1. The lowest BCUT2D eigenvalue weighted by Crippen LogP contribution is -2.35. The van der Waals surface area contributed by atoms with Gasteiger partial charge >= 0.3 is 0 Å². The molecular formula is C24H21N7O. The summed E-state index contributed by atoms with van der Waals surface area (Å²) in [6.45, 7) is 4.19. The van der Waals surface area contributed by atoms with Crippen LogP contribution in [-0.2, 0) is 13.1 Å². The molecule has 0 atom stereocenters. The number of para-hydroxylation sites is 1. The van der Waals surface area contributed by atoms with Gasteiger partial charge in [-0.3, -0.25) is 9.20 Å². The topological polar surface area (TPSA) is 73.2 Å². The van der Waals surface area contributed by atoms with Crippen molar-refractivity contribution in [2.75, 3.05) is 11.4 Å². The molecular weight excluding hydrogens is 402 g/mol. The predicted octanol–water partition coefficient (Wildman–Crippen LogP) is 3.07. The number of fused-ring (bicyclic) bond motifs is 2. The number of benzene rings is 1. The van der Waals surface area contributed by atoms with E-state index >= 15 is 0 Å². The lowest BCUT2D eigenvalue weighted by atomic mass is 10.2. The Bertz CT molecular complexity index is 1500. The Balaban J connectivity index is 1.34. The van der Waals surface area contributed by atoms with Gasteiger partial charge in [-0.15, -0.1) is 0 Å². The van der Waals surface area contributed by atoms with E-state index in [9.17, 15) is 4.79 Å². The zero-order valence-electron chi connectivity index (χ0n) is 17.6. The fourth-order valence-electron chi connectivity index (χ4n) is 4.31. The summed E-state index contributed by atoms with van der Waals surface area (Å²) in [7, 11) is 0. The molecule has 4 aromatic heterocycles. The molecule has 1 aromatic carbocycles. The Morgan fingerprint density at radius 2 is 1.81 bits per heavy atom. The molecule has 0 saturated carbocycles. The van der Waals surface area contributed by atoms with Crippen LogP contribution in [-0.4, -0.2) is 35.3 Å². The molecule has 0 amide bonds. The van der Waals surface area contributed by atoms with E-state index in [1.54, 1.807) is 16.7 Å². The molecule has 0 N–H and O–H groups in total. The van der Waals surface area contributed by atoms with E-state index in [1.165, 1.54) is 0 Å². The second-order valence-electron chi connectivity index (χ2n) is 7.93. The van der Waals surface area contributed by atoms with Crippen LogP contribution < -0.4 is 10.5 Å². The van der Waals surface area contributed by atoms with Crippen LogP contribution in [0, 0.1) is 6.92 Å². The molecule has 32 heavy (non-hydrogen) atoms. The standard InChI is InChI=1S/C24H21N7O/c1-17-20-16-28(22-13-23(32)30-10-6-5-9-21(30)27-22)11-12-29(20)24(26-17)18-14-25-31(15-18)19-7-3-2-4-8-19/h2-10,13-15H,11-12,16H2,1H3. The highest BCUT2D eigenvalue weighted by Crippen LogP contribution is 2.28. The number of imidazole rings is 1. The van der Waals surface area contributed by atoms with E-state index in [4.69, 9.17) is 9.97 Å². The van der Waals surface area contributed by atoms with E-state index in [1.807, 2.05) is 72.5 Å². The van der Waals surface area contributed by atoms with Crippen molar-refractivity contribution in [1.29, 1.82) is 0 Å². The molecule has 5 heterocycles. The Hall–Kier alpha value is -4.20. The predicted molar refractivity (Wildman–Crippen MR) is 122 cm³/mol. The fraction of sp³-hybridized carbons (Fsp3) is 0.167. The normalized spacial score (nSPS) is 13.5. The number of aryl methyl sites for hydroxylation is 1. The van der Waals surface area contributed by atoms with Crippen molar-refractivity contribution in [3.05, 3.63) is 94.9 Å². The molecule has 0 saturated heterocycles. The smallest absolute Gasteiger partial charge is 0.259 e. The Labute approximate surface area is 184 Å². The summed E-state index contributed by atoms with van der Waals surface area (Å²) >= 11 is 0. The third-order valence-electron chi connectivity index (χ3n) is 5.95. The average molecular weight is 423 g/mol. The first kappa shape index (κ1) is 18.6. The van der Waals surface area contributed by atoms with Gasteiger partial charge in [0, 0.05) is 31.5 Å². The third kappa shape index (κ3) is 2.99. The number of rotatable bonds is 3. The number of nitrogens with zero attached hydrogens (tertiary/aromatic N) is 7. The lowest BCUT2D eigenvalue weighted by molar-refractivity contribution is 0.569. The first-order valence-corrected chi connectivity index (χ1v) is 10.6. The van der Waals surface area contributed by atoms with Crippen LogP contribution in [0.2, 0.25) is 0 Å². The molecule has 0 spiro atoms. The molecule has 0 unspecified atom stereocenters.